The van der Waals surface area contributed by atoms with E-state index in [-0.39, 0.29) is 34.7 Å². The quantitative estimate of drug-likeness (QED) is 0.237. The number of amides is 1. The first-order valence-corrected chi connectivity index (χ1v) is 12.3. The van der Waals surface area contributed by atoms with Gasteiger partial charge in [-0.1, -0.05) is 48.0 Å². The standard InChI is InChI=1S/C29H20ClF5N2O3/c1-27(32,33)21-13-18(7-10-22(21)31)26(38)37-28(15-17-5-3-2-4-6-17,25-12-9-20(30)16-36-25)19-8-11-23-24(14-19)40-29(34,35)39-23/h2-14,16H,15H2,1H3,(H,37,38). The van der Waals surface area contributed by atoms with Gasteiger partial charge in [0.2, 0.25) is 0 Å². The zero-order valence-corrected chi connectivity index (χ0v) is 21.5. The third-order valence-corrected chi connectivity index (χ3v) is 6.62. The fourth-order valence-corrected chi connectivity index (χ4v) is 4.65. The SMILES string of the molecule is CC(F)(F)c1cc(C(=O)NC(Cc2ccccc2)(c2ccc3c(c2)OC(F)(F)O3)c2ccc(Cl)cn2)ccc1F. The van der Waals surface area contributed by atoms with Crippen molar-refractivity contribution in [1.29, 1.82) is 0 Å². The van der Waals surface area contributed by atoms with Crippen molar-refractivity contribution in [2.45, 2.75) is 31.1 Å². The number of carbonyl (C=O) groups is 1. The fourth-order valence-electron chi connectivity index (χ4n) is 4.53. The average Bonchev–Trinajstić information content (AvgIpc) is 3.21. The highest BCUT2D eigenvalue weighted by Gasteiger charge is 2.45. The Morgan fingerprint density at radius 3 is 2.38 bits per heavy atom. The van der Waals surface area contributed by atoms with E-state index in [1.165, 1.54) is 30.5 Å². The van der Waals surface area contributed by atoms with Gasteiger partial charge in [0.1, 0.15) is 11.4 Å². The fraction of sp³-hybridized carbons (Fsp3) is 0.172. The second kappa shape index (κ2) is 10.1. The van der Waals surface area contributed by atoms with Crippen molar-refractivity contribution in [1.82, 2.24) is 10.3 Å². The molecule has 0 spiro atoms. The van der Waals surface area contributed by atoms with E-state index >= 15 is 0 Å². The molecule has 1 amide bonds. The maximum Gasteiger partial charge on any atom is 0.586 e. The summed E-state index contributed by atoms with van der Waals surface area (Å²) in [6.45, 7) is 0.521. The van der Waals surface area contributed by atoms with Crippen LogP contribution in [0.4, 0.5) is 22.0 Å². The van der Waals surface area contributed by atoms with Crippen LogP contribution in [0.1, 0.15) is 39.7 Å². The summed E-state index contributed by atoms with van der Waals surface area (Å²) >= 11 is 6.08. The zero-order valence-electron chi connectivity index (χ0n) is 20.7. The first kappa shape index (κ1) is 27.4. The Balaban J connectivity index is 1.69. The largest absolute Gasteiger partial charge is 0.586 e. The molecule has 1 unspecified atom stereocenters. The van der Waals surface area contributed by atoms with Gasteiger partial charge >= 0.3 is 6.29 Å². The number of benzene rings is 3. The van der Waals surface area contributed by atoms with E-state index in [1.54, 1.807) is 36.4 Å². The molecular weight excluding hydrogens is 555 g/mol. The first-order valence-electron chi connectivity index (χ1n) is 11.9. The smallest absolute Gasteiger partial charge is 0.395 e. The summed E-state index contributed by atoms with van der Waals surface area (Å²) < 4.78 is 79.2. The number of halogens is 6. The number of hydrogen-bond acceptors (Lipinski definition) is 4. The number of nitrogens with one attached hydrogen (secondary N) is 1. The molecule has 0 radical (unpaired) electrons. The normalized spacial score (nSPS) is 15.4. The van der Waals surface area contributed by atoms with Gasteiger partial charge in [-0.2, -0.15) is 0 Å². The minimum atomic E-state index is -3.89. The lowest BCUT2D eigenvalue weighted by Gasteiger charge is -2.35. The van der Waals surface area contributed by atoms with Crippen LogP contribution in [-0.4, -0.2) is 17.2 Å². The number of ether oxygens (including phenoxy) is 2. The number of rotatable bonds is 7. The van der Waals surface area contributed by atoms with Crippen LogP contribution in [0.5, 0.6) is 11.5 Å². The monoisotopic (exact) mass is 574 g/mol. The van der Waals surface area contributed by atoms with Crippen LogP contribution < -0.4 is 14.8 Å². The van der Waals surface area contributed by atoms with Gasteiger partial charge in [-0.25, -0.2) is 13.2 Å². The molecule has 4 aromatic rings. The summed E-state index contributed by atoms with van der Waals surface area (Å²) in [5.74, 6) is -6.07. The number of hydrogen-bond donors (Lipinski definition) is 1. The summed E-state index contributed by atoms with van der Waals surface area (Å²) in [5.41, 5.74) is -1.55. The molecule has 3 aromatic carbocycles. The molecule has 5 nitrogen and oxygen atoms in total. The molecule has 5 rings (SSSR count). The highest BCUT2D eigenvalue weighted by Crippen LogP contribution is 2.44. The maximum absolute atomic E-state index is 14.2. The van der Waals surface area contributed by atoms with Gasteiger partial charge in [0, 0.05) is 25.1 Å². The van der Waals surface area contributed by atoms with E-state index in [1.807, 2.05) is 0 Å². The van der Waals surface area contributed by atoms with Gasteiger partial charge in [-0.15, -0.1) is 8.78 Å². The van der Waals surface area contributed by atoms with Gasteiger partial charge in [-0.05, 0) is 53.6 Å². The summed E-state index contributed by atoms with van der Waals surface area (Å²) in [7, 11) is 0. The molecule has 1 atom stereocenters. The van der Waals surface area contributed by atoms with Crippen LogP contribution in [0.15, 0.2) is 85.1 Å². The Bertz CT molecular complexity index is 1560. The van der Waals surface area contributed by atoms with E-state index in [4.69, 9.17) is 11.6 Å². The third kappa shape index (κ3) is 5.44. The summed E-state index contributed by atoms with van der Waals surface area (Å²) in [6.07, 6.45) is -2.50. The van der Waals surface area contributed by atoms with Crippen LogP contribution in [0.3, 0.4) is 0 Å². The van der Waals surface area contributed by atoms with Crippen molar-refractivity contribution in [2.75, 3.05) is 0 Å². The molecule has 0 bridgehead atoms. The second-order valence-corrected chi connectivity index (χ2v) is 9.73. The van der Waals surface area contributed by atoms with Crippen molar-refractivity contribution in [3.05, 3.63) is 124 Å². The third-order valence-electron chi connectivity index (χ3n) is 6.40. The van der Waals surface area contributed by atoms with E-state index in [9.17, 15) is 26.7 Å². The lowest BCUT2D eigenvalue weighted by molar-refractivity contribution is -0.286. The van der Waals surface area contributed by atoms with Crippen molar-refractivity contribution >= 4 is 17.5 Å². The van der Waals surface area contributed by atoms with Crippen molar-refractivity contribution in [3.8, 4) is 11.5 Å². The number of nitrogens with zero attached hydrogens (tertiary/aromatic N) is 1. The molecule has 1 aliphatic heterocycles. The van der Waals surface area contributed by atoms with Gasteiger partial charge in [0.15, 0.2) is 11.5 Å². The molecular formula is C29H20ClF5N2O3. The highest BCUT2D eigenvalue weighted by atomic mass is 35.5. The Labute approximate surface area is 230 Å². The Hall–Kier alpha value is -4.18. The van der Waals surface area contributed by atoms with Crippen molar-refractivity contribution in [3.63, 3.8) is 0 Å². The predicted molar refractivity (Wildman–Crippen MR) is 136 cm³/mol. The molecule has 1 aromatic heterocycles. The Kier molecular flexibility index (Phi) is 6.91. The van der Waals surface area contributed by atoms with Gasteiger partial charge in [-0.3, -0.25) is 9.78 Å². The predicted octanol–water partition coefficient (Wildman–Crippen LogP) is 7.22. The van der Waals surface area contributed by atoms with Gasteiger partial charge in [0.05, 0.1) is 16.3 Å². The first-order chi connectivity index (χ1) is 18.9. The number of aromatic nitrogens is 1. The molecule has 11 heteroatoms. The lowest BCUT2D eigenvalue weighted by Crippen LogP contribution is -2.49. The van der Waals surface area contributed by atoms with Crippen LogP contribution >= 0.6 is 11.6 Å². The molecule has 1 N–H and O–H groups in total. The zero-order chi connectivity index (χ0) is 28.7. The summed E-state index contributed by atoms with van der Waals surface area (Å²) in [4.78, 5) is 18.1. The highest BCUT2D eigenvalue weighted by molar-refractivity contribution is 6.30. The summed E-state index contributed by atoms with van der Waals surface area (Å²) in [6, 6.07) is 18.6. The maximum atomic E-state index is 14.2. The van der Waals surface area contributed by atoms with Crippen LogP contribution in [0.2, 0.25) is 5.02 Å². The van der Waals surface area contributed by atoms with E-state index < -0.39 is 35.0 Å². The minimum Gasteiger partial charge on any atom is -0.395 e. The average molecular weight is 575 g/mol. The van der Waals surface area contributed by atoms with Crippen LogP contribution in [0.25, 0.3) is 0 Å². The van der Waals surface area contributed by atoms with Gasteiger partial charge in [0.25, 0.3) is 11.8 Å². The molecule has 206 valence electrons. The number of pyridine rings is 1. The molecule has 0 fully saturated rings. The molecule has 0 aliphatic carbocycles. The minimum absolute atomic E-state index is 0.0439. The lowest BCUT2D eigenvalue weighted by atomic mass is 9.80. The van der Waals surface area contributed by atoms with E-state index in [0.29, 0.717) is 17.5 Å². The molecule has 0 saturated carbocycles. The Morgan fingerprint density at radius 1 is 0.975 bits per heavy atom. The Morgan fingerprint density at radius 2 is 1.70 bits per heavy atom. The molecule has 40 heavy (non-hydrogen) atoms. The van der Waals surface area contributed by atoms with Crippen LogP contribution in [-0.2, 0) is 17.9 Å². The second-order valence-electron chi connectivity index (χ2n) is 9.30. The van der Waals surface area contributed by atoms with E-state index in [0.717, 1.165) is 18.2 Å². The molecule has 0 saturated heterocycles. The van der Waals surface area contributed by atoms with Crippen LogP contribution in [0, 0.1) is 5.82 Å². The number of alkyl halides is 4. The number of fused-ring (bicyclic) bond motifs is 1. The summed E-state index contributed by atoms with van der Waals surface area (Å²) in [5, 5.41) is 3.16. The molecule has 1 aliphatic rings. The van der Waals surface area contributed by atoms with E-state index in [2.05, 4.69) is 19.8 Å². The van der Waals surface area contributed by atoms with Gasteiger partial charge < -0.3 is 14.8 Å². The van der Waals surface area contributed by atoms with Crippen molar-refractivity contribution < 1.29 is 36.2 Å². The topological polar surface area (TPSA) is 60.5 Å². The van der Waals surface area contributed by atoms with Crippen molar-refractivity contribution in [2.24, 2.45) is 0 Å². The number of carbonyl (C=O) groups excluding carboxylic acids is 1. The molecule has 2 heterocycles.